The van der Waals surface area contributed by atoms with E-state index < -0.39 is 34.9 Å². The predicted octanol–water partition coefficient (Wildman–Crippen LogP) is 5.62. The van der Waals surface area contributed by atoms with E-state index >= 15 is 0 Å². The highest BCUT2D eigenvalue weighted by molar-refractivity contribution is 6.32. The number of hydrogen-bond acceptors (Lipinski definition) is 5. The molecular weight excluding hydrogens is 550 g/mol. The highest BCUT2D eigenvalue weighted by Crippen LogP contribution is 2.50. The Bertz CT molecular complexity index is 1630. The Labute approximate surface area is 223 Å². The van der Waals surface area contributed by atoms with Gasteiger partial charge in [0.1, 0.15) is 10.8 Å². The molecule has 2 aromatic heterocycles. The smallest absolute Gasteiger partial charge is 0.422 e. The lowest BCUT2D eigenvalue weighted by atomic mass is 9.77. The number of aromatic nitrogens is 3. The highest BCUT2D eigenvalue weighted by Gasteiger charge is 2.59. The molecule has 0 aliphatic rings. The van der Waals surface area contributed by atoms with Crippen molar-refractivity contribution in [1.29, 1.82) is 0 Å². The van der Waals surface area contributed by atoms with Crippen LogP contribution in [0.2, 0.25) is 10.0 Å². The van der Waals surface area contributed by atoms with E-state index in [0.29, 0.717) is 5.52 Å². The molecule has 0 aliphatic carbocycles. The van der Waals surface area contributed by atoms with E-state index in [1.165, 1.54) is 54.4 Å². The van der Waals surface area contributed by atoms with Crippen LogP contribution in [0, 0.1) is 0 Å². The van der Waals surface area contributed by atoms with E-state index in [1.807, 2.05) is 0 Å². The number of carboxylic acid groups (broad SMARTS) is 1. The molecule has 13 heteroatoms. The van der Waals surface area contributed by atoms with Crippen molar-refractivity contribution in [2.24, 2.45) is 14.1 Å². The van der Waals surface area contributed by atoms with Crippen molar-refractivity contribution in [2.75, 3.05) is 0 Å². The van der Waals surface area contributed by atoms with Gasteiger partial charge in [-0.05, 0) is 41.5 Å². The number of rotatable bonds is 6. The second kappa shape index (κ2) is 9.64. The molecule has 4 rings (SSSR count). The Morgan fingerprint density at radius 2 is 1.68 bits per heavy atom. The van der Waals surface area contributed by atoms with Crippen LogP contribution in [0.1, 0.15) is 34.3 Å². The molecule has 8 nitrogen and oxygen atoms in total. The van der Waals surface area contributed by atoms with Crippen molar-refractivity contribution in [3.8, 4) is 11.6 Å². The molecule has 0 fully saturated rings. The molecule has 38 heavy (non-hydrogen) atoms. The summed E-state index contributed by atoms with van der Waals surface area (Å²) in [4.78, 5) is 27.1. The number of benzene rings is 2. The summed E-state index contributed by atoms with van der Waals surface area (Å²) in [5.74, 6) is -2.89. The number of ether oxygens (including phenoxy) is 1. The Hall–Kier alpha value is -3.54. The number of carbonyl (C=O) groups is 1. The third kappa shape index (κ3) is 4.50. The summed E-state index contributed by atoms with van der Waals surface area (Å²) in [5.41, 5.74) is -3.81. The number of aryl methyl sites for hydroxylation is 2. The molecule has 2 aromatic carbocycles. The molecular formula is C25H20Cl2F3N3O5. The minimum absolute atomic E-state index is 0.0267. The number of hydrogen-bond donors (Lipinski definition) is 2. The van der Waals surface area contributed by atoms with Crippen LogP contribution in [0.5, 0.6) is 11.6 Å². The second-order valence-electron chi connectivity index (χ2n) is 8.69. The standard InChI is InChI=1S/C25H20Cl2F3N3O5/c1-12(16-6-5-15(10-17(16)26)38-21-18(27)8-13(11-31-21)22(34)35)24(37,25(28,29)30)14-4-7-19-20(9-14)33(3)23(36)32(19)2/h4-12,37H,1-3H3,(H,34,35)/t12-,24-/m1/s1. The minimum Gasteiger partial charge on any atom is -0.478 e. The largest absolute Gasteiger partial charge is 0.478 e. The van der Waals surface area contributed by atoms with Crippen molar-refractivity contribution in [2.45, 2.75) is 24.6 Å². The van der Waals surface area contributed by atoms with Crippen molar-refractivity contribution in [3.05, 3.63) is 85.9 Å². The lowest BCUT2D eigenvalue weighted by molar-refractivity contribution is -0.274. The van der Waals surface area contributed by atoms with Gasteiger partial charge in [0.05, 0.1) is 16.6 Å². The van der Waals surface area contributed by atoms with E-state index in [4.69, 9.17) is 33.0 Å². The molecule has 0 bridgehead atoms. The summed E-state index contributed by atoms with van der Waals surface area (Å²) >= 11 is 12.4. The number of pyridine rings is 1. The molecule has 2 atom stereocenters. The van der Waals surface area contributed by atoms with E-state index in [2.05, 4.69) is 4.98 Å². The number of halogens is 5. The van der Waals surface area contributed by atoms with Crippen LogP contribution < -0.4 is 10.4 Å². The van der Waals surface area contributed by atoms with Gasteiger partial charge in [0.2, 0.25) is 5.88 Å². The fourth-order valence-corrected chi connectivity index (χ4v) is 4.82. The first-order valence-electron chi connectivity index (χ1n) is 11.0. The molecule has 0 saturated heterocycles. The predicted molar refractivity (Wildman–Crippen MR) is 134 cm³/mol. The van der Waals surface area contributed by atoms with Crippen LogP contribution >= 0.6 is 23.2 Å². The third-order valence-corrected chi connectivity index (χ3v) is 7.08. The monoisotopic (exact) mass is 569 g/mol. The number of aromatic carboxylic acids is 1. The maximum atomic E-state index is 14.5. The molecule has 0 saturated carbocycles. The van der Waals surface area contributed by atoms with Crippen LogP contribution in [0.4, 0.5) is 13.2 Å². The summed E-state index contributed by atoms with van der Waals surface area (Å²) < 4.78 is 51.5. The molecule has 4 aromatic rings. The average molecular weight is 570 g/mol. The zero-order valence-corrected chi connectivity index (χ0v) is 21.6. The molecule has 0 radical (unpaired) electrons. The maximum absolute atomic E-state index is 14.5. The number of aliphatic hydroxyl groups is 1. The van der Waals surface area contributed by atoms with Gasteiger partial charge in [-0.2, -0.15) is 13.2 Å². The molecule has 0 aliphatic heterocycles. The van der Waals surface area contributed by atoms with Gasteiger partial charge in [0, 0.05) is 31.2 Å². The van der Waals surface area contributed by atoms with Crippen molar-refractivity contribution < 1.29 is 32.9 Å². The average Bonchev–Trinajstić information content (AvgIpc) is 3.07. The Balaban J connectivity index is 1.73. The molecule has 0 amide bonds. The summed E-state index contributed by atoms with van der Waals surface area (Å²) in [6, 6.07) is 8.58. The van der Waals surface area contributed by atoms with Crippen LogP contribution in [0.25, 0.3) is 11.0 Å². The quantitative estimate of drug-likeness (QED) is 0.312. The molecule has 200 valence electrons. The molecule has 0 spiro atoms. The number of nitrogens with zero attached hydrogens (tertiary/aromatic N) is 3. The van der Waals surface area contributed by atoms with Gasteiger partial charge in [0.15, 0.2) is 5.60 Å². The van der Waals surface area contributed by atoms with E-state index in [9.17, 15) is 27.9 Å². The van der Waals surface area contributed by atoms with E-state index in [0.717, 1.165) is 24.4 Å². The van der Waals surface area contributed by atoms with Gasteiger partial charge in [-0.15, -0.1) is 0 Å². The first kappa shape index (κ1) is 27.5. The van der Waals surface area contributed by atoms with Gasteiger partial charge in [-0.3, -0.25) is 9.13 Å². The normalized spacial score (nSPS) is 14.3. The Morgan fingerprint density at radius 1 is 1.03 bits per heavy atom. The summed E-state index contributed by atoms with van der Waals surface area (Å²) in [6.07, 6.45) is -4.08. The number of imidazole rings is 1. The first-order chi connectivity index (χ1) is 17.7. The van der Waals surface area contributed by atoms with Crippen LogP contribution in [0.15, 0.2) is 53.5 Å². The lowest BCUT2D eigenvalue weighted by Gasteiger charge is -2.37. The first-order valence-corrected chi connectivity index (χ1v) is 11.7. The Morgan fingerprint density at radius 3 is 2.26 bits per heavy atom. The van der Waals surface area contributed by atoms with E-state index in [-0.39, 0.29) is 38.3 Å². The zero-order chi connectivity index (χ0) is 28.2. The van der Waals surface area contributed by atoms with Crippen LogP contribution in [-0.2, 0) is 19.7 Å². The van der Waals surface area contributed by atoms with Crippen molar-refractivity contribution in [3.63, 3.8) is 0 Å². The highest BCUT2D eigenvalue weighted by atomic mass is 35.5. The van der Waals surface area contributed by atoms with Crippen LogP contribution in [0.3, 0.4) is 0 Å². The number of carboxylic acids is 1. The van der Waals surface area contributed by atoms with Gasteiger partial charge in [-0.1, -0.05) is 42.3 Å². The number of fused-ring (bicyclic) bond motifs is 1. The van der Waals surface area contributed by atoms with Crippen molar-refractivity contribution in [1.82, 2.24) is 14.1 Å². The minimum atomic E-state index is -5.12. The second-order valence-corrected chi connectivity index (χ2v) is 9.51. The zero-order valence-electron chi connectivity index (χ0n) is 20.0. The maximum Gasteiger partial charge on any atom is 0.422 e. The summed E-state index contributed by atoms with van der Waals surface area (Å²) in [5, 5.41) is 20.0. The van der Waals surface area contributed by atoms with Gasteiger partial charge >= 0.3 is 17.8 Å². The Kier molecular flexibility index (Phi) is 6.98. The van der Waals surface area contributed by atoms with Gasteiger partial charge in [-0.25, -0.2) is 14.6 Å². The summed E-state index contributed by atoms with van der Waals surface area (Å²) in [7, 11) is 2.92. The fraction of sp³-hybridized carbons (Fsp3) is 0.240. The topological polar surface area (TPSA) is 107 Å². The van der Waals surface area contributed by atoms with Gasteiger partial charge < -0.3 is 14.9 Å². The van der Waals surface area contributed by atoms with Gasteiger partial charge in [0.25, 0.3) is 0 Å². The van der Waals surface area contributed by atoms with Crippen molar-refractivity contribution >= 4 is 40.2 Å². The third-order valence-electron chi connectivity index (χ3n) is 6.48. The van der Waals surface area contributed by atoms with Crippen LogP contribution in [-0.4, -0.2) is 36.5 Å². The SMILES string of the molecule is C[C@H](c1ccc(Oc2ncc(C(=O)O)cc2Cl)cc1Cl)[C@@](O)(c1ccc2c(c1)n(C)c(=O)n2C)C(F)(F)F. The lowest BCUT2D eigenvalue weighted by Crippen LogP contribution is -2.46. The molecule has 2 heterocycles. The van der Waals surface area contributed by atoms with E-state index in [1.54, 1.807) is 0 Å². The summed E-state index contributed by atoms with van der Waals surface area (Å²) in [6.45, 7) is 1.19. The molecule has 0 unspecified atom stereocenters. The molecule has 2 N–H and O–H groups in total. The fourth-order valence-electron chi connectivity index (χ4n) is 4.28. The number of alkyl halides is 3.